The fourth-order valence-electron chi connectivity index (χ4n) is 1.99. The van der Waals surface area contributed by atoms with Gasteiger partial charge < -0.3 is 15.1 Å². The summed E-state index contributed by atoms with van der Waals surface area (Å²) < 4.78 is 5.10. The molecule has 1 rings (SSSR count). The fraction of sp³-hybridized carbons (Fsp3) is 0.538. The first-order valence-corrected chi connectivity index (χ1v) is 6.28. The highest BCUT2D eigenvalue weighted by Crippen LogP contribution is 2.18. The van der Waals surface area contributed by atoms with Crippen LogP contribution in [0.1, 0.15) is 29.9 Å². The number of nitrogen functional groups attached to an aromatic ring is 1. The largest absolute Gasteiger partial charge is 0.383 e. The standard InChI is InChI=1S/C13H22N4O2/c1-5-17(10(3)8-19-4)13(18)11-7-15-9(2)6-12(11)16-14/h6-7,10H,5,8,14H2,1-4H3,(H,15,16). The molecule has 19 heavy (non-hydrogen) atoms. The second kappa shape index (κ2) is 7.06. The molecule has 0 bridgehead atoms. The van der Waals surface area contributed by atoms with Crippen LogP contribution in [0.4, 0.5) is 5.69 Å². The molecule has 6 nitrogen and oxygen atoms in total. The second-order valence-corrected chi connectivity index (χ2v) is 4.41. The van der Waals surface area contributed by atoms with Gasteiger partial charge in [0.25, 0.3) is 5.91 Å². The molecule has 1 heterocycles. The summed E-state index contributed by atoms with van der Waals surface area (Å²) in [6.45, 7) is 6.81. The summed E-state index contributed by atoms with van der Waals surface area (Å²) in [4.78, 5) is 18.4. The summed E-state index contributed by atoms with van der Waals surface area (Å²) in [5.41, 5.74) is 4.41. The predicted molar refractivity (Wildman–Crippen MR) is 74.8 cm³/mol. The van der Waals surface area contributed by atoms with Crippen molar-refractivity contribution in [2.75, 3.05) is 25.7 Å². The van der Waals surface area contributed by atoms with Gasteiger partial charge in [-0.15, -0.1) is 0 Å². The van der Waals surface area contributed by atoms with E-state index in [2.05, 4.69) is 10.4 Å². The Hall–Kier alpha value is -1.66. The molecule has 6 heteroatoms. The lowest BCUT2D eigenvalue weighted by molar-refractivity contribution is 0.0579. The number of hydrogen-bond donors (Lipinski definition) is 2. The quantitative estimate of drug-likeness (QED) is 0.597. The van der Waals surface area contributed by atoms with E-state index in [9.17, 15) is 4.79 Å². The molecule has 1 aromatic heterocycles. The van der Waals surface area contributed by atoms with Crippen molar-refractivity contribution in [3.63, 3.8) is 0 Å². The number of nitrogens with one attached hydrogen (secondary N) is 1. The van der Waals surface area contributed by atoms with E-state index in [1.54, 1.807) is 24.3 Å². The van der Waals surface area contributed by atoms with E-state index in [0.29, 0.717) is 24.4 Å². The summed E-state index contributed by atoms with van der Waals surface area (Å²) in [6, 6.07) is 1.75. The van der Waals surface area contributed by atoms with Crippen LogP contribution in [0.3, 0.4) is 0 Å². The van der Waals surface area contributed by atoms with E-state index in [1.165, 1.54) is 0 Å². The molecule has 0 aliphatic heterocycles. The number of amides is 1. The average molecular weight is 266 g/mol. The zero-order valence-corrected chi connectivity index (χ0v) is 11.9. The zero-order valence-electron chi connectivity index (χ0n) is 11.9. The first-order valence-electron chi connectivity index (χ1n) is 6.28. The molecule has 1 aromatic rings. The van der Waals surface area contributed by atoms with Gasteiger partial charge in [0.1, 0.15) is 0 Å². The summed E-state index contributed by atoms with van der Waals surface area (Å²) in [5.74, 6) is 5.36. The number of rotatable bonds is 6. The van der Waals surface area contributed by atoms with Crippen LogP contribution in [0.2, 0.25) is 0 Å². The van der Waals surface area contributed by atoms with E-state index in [4.69, 9.17) is 10.6 Å². The highest BCUT2D eigenvalue weighted by Gasteiger charge is 2.22. The number of aryl methyl sites for hydroxylation is 1. The fourth-order valence-corrected chi connectivity index (χ4v) is 1.99. The van der Waals surface area contributed by atoms with Gasteiger partial charge in [-0.3, -0.25) is 15.6 Å². The Morgan fingerprint density at radius 3 is 2.84 bits per heavy atom. The number of pyridine rings is 1. The number of nitrogens with two attached hydrogens (primary N) is 1. The minimum Gasteiger partial charge on any atom is -0.383 e. The third-order valence-corrected chi connectivity index (χ3v) is 2.97. The predicted octanol–water partition coefficient (Wildman–Crippen LogP) is 1.17. The van der Waals surface area contributed by atoms with Crippen molar-refractivity contribution in [3.8, 4) is 0 Å². The molecule has 0 aromatic carbocycles. The maximum atomic E-state index is 12.5. The van der Waals surface area contributed by atoms with E-state index in [1.807, 2.05) is 20.8 Å². The molecule has 1 amide bonds. The first kappa shape index (κ1) is 15.4. The SMILES string of the molecule is CCN(C(=O)c1cnc(C)cc1NN)C(C)COC. The van der Waals surface area contributed by atoms with Crippen molar-refractivity contribution in [1.82, 2.24) is 9.88 Å². The lowest BCUT2D eigenvalue weighted by Crippen LogP contribution is -2.41. The molecule has 0 fully saturated rings. The average Bonchev–Trinajstić information content (AvgIpc) is 2.39. The Bertz CT molecular complexity index is 437. The minimum atomic E-state index is -0.104. The number of carbonyl (C=O) groups is 1. The van der Waals surface area contributed by atoms with E-state index in [-0.39, 0.29) is 11.9 Å². The minimum absolute atomic E-state index is 0.00516. The number of nitrogens with zero attached hydrogens (tertiary/aromatic N) is 2. The number of hydrazine groups is 1. The maximum absolute atomic E-state index is 12.5. The molecule has 1 unspecified atom stereocenters. The Balaban J connectivity index is 3.03. The molecule has 3 N–H and O–H groups in total. The molecule has 106 valence electrons. The topological polar surface area (TPSA) is 80.5 Å². The van der Waals surface area contributed by atoms with Crippen LogP contribution in [0, 0.1) is 6.92 Å². The van der Waals surface area contributed by atoms with Crippen LogP contribution < -0.4 is 11.3 Å². The Kier molecular flexibility index (Phi) is 5.72. The van der Waals surface area contributed by atoms with Crippen LogP contribution in [-0.2, 0) is 4.74 Å². The number of methoxy groups -OCH3 is 1. The number of likely N-dealkylation sites (N-methyl/N-ethyl adjacent to an activating group) is 1. The molecular formula is C13H22N4O2. The van der Waals surface area contributed by atoms with Gasteiger partial charge in [-0.25, -0.2) is 0 Å². The Morgan fingerprint density at radius 1 is 1.63 bits per heavy atom. The van der Waals surface area contributed by atoms with Crippen LogP contribution in [0.15, 0.2) is 12.3 Å². The molecule has 1 atom stereocenters. The van der Waals surface area contributed by atoms with Gasteiger partial charge in [-0.2, -0.15) is 0 Å². The molecular weight excluding hydrogens is 244 g/mol. The third-order valence-electron chi connectivity index (χ3n) is 2.97. The van der Waals surface area contributed by atoms with Crippen molar-refractivity contribution in [1.29, 1.82) is 0 Å². The summed E-state index contributed by atoms with van der Waals surface area (Å²) >= 11 is 0. The van der Waals surface area contributed by atoms with Crippen LogP contribution in [0.25, 0.3) is 0 Å². The summed E-state index contributed by atoms with van der Waals surface area (Å²) in [7, 11) is 1.62. The Morgan fingerprint density at radius 2 is 2.32 bits per heavy atom. The van der Waals surface area contributed by atoms with Gasteiger partial charge in [0, 0.05) is 25.5 Å². The molecule has 0 saturated heterocycles. The van der Waals surface area contributed by atoms with Crippen molar-refractivity contribution in [3.05, 3.63) is 23.5 Å². The van der Waals surface area contributed by atoms with Crippen molar-refractivity contribution in [2.24, 2.45) is 5.84 Å². The number of carbonyl (C=O) groups excluding carboxylic acids is 1. The molecule has 0 radical (unpaired) electrons. The first-order chi connectivity index (χ1) is 9.04. The van der Waals surface area contributed by atoms with Crippen LogP contribution >= 0.6 is 0 Å². The number of hydrogen-bond acceptors (Lipinski definition) is 5. The van der Waals surface area contributed by atoms with Gasteiger partial charge in [0.2, 0.25) is 0 Å². The lowest BCUT2D eigenvalue weighted by atomic mass is 10.1. The van der Waals surface area contributed by atoms with Gasteiger partial charge in [0.15, 0.2) is 0 Å². The van der Waals surface area contributed by atoms with E-state index in [0.717, 1.165) is 5.69 Å². The second-order valence-electron chi connectivity index (χ2n) is 4.41. The van der Waals surface area contributed by atoms with Gasteiger partial charge in [-0.1, -0.05) is 0 Å². The molecule has 0 aliphatic carbocycles. The number of anilines is 1. The zero-order chi connectivity index (χ0) is 14.4. The molecule has 0 spiro atoms. The maximum Gasteiger partial charge on any atom is 0.257 e. The van der Waals surface area contributed by atoms with Gasteiger partial charge >= 0.3 is 0 Å². The normalized spacial score (nSPS) is 12.1. The van der Waals surface area contributed by atoms with Crippen molar-refractivity contribution < 1.29 is 9.53 Å². The monoisotopic (exact) mass is 266 g/mol. The summed E-state index contributed by atoms with van der Waals surface area (Å²) in [6.07, 6.45) is 1.55. The molecule has 0 aliphatic rings. The van der Waals surface area contributed by atoms with E-state index < -0.39 is 0 Å². The number of aromatic nitrogens is 1. The van der Waals surface area contributed by atoms with Crippen LogP contribution in [-0.4, -0.2) is 42.1 Å². The smallest absolute Gasteiger partial charge is 0.257 e. The van der Waals surface area contributed by atoms with E-state index >= 15 is 0 Å². The van der Waals surface area contributed by atoms with Gasteiger partial charge in [-0.05, 0) is 26.8 Å². The molecule has 0 saturated carbocycles. The summed E-state index contributed by atoms with van der Waals surface area (Å²) in [5, 5.41) is 0. The highest BCUT2D eigenvalue weighted by molar-refractivity contribution is 5.99. The van der Waals surface area contributed by atoms with Gasteiger partial charge in [0.05, 0.1) is 23.9 Å². The third kappa shape index (κ3) is 3.65. The van der Waals surface area contributed by atoms with Crippen molar-refractivity contribution >= 4 is 11.6 Å². The van der Waals surface area contributed by atoms with Crippen LogP contribution in [0.5, 0.6) is 0 Å². The number of ether oxygens (including phenoxy) is 1. The Labute approximate surface area is 113 Å². The van der Waals surface area contributed by atoms with Crippen molar-refractivity contribution in [2.45, 2.75) is 26.8 Å². The highest BCUT2D eigenvalue weighted by atomic mass is 16.5. The lowest BCUT2D eigenvalue weighted by Gasteiger charge is -2.28.